The fourth-order valence-corrected chi connectivity index (χ4v) is 5.55. The second kappa shape index (κ2) is 11.3. The number of nitrogens with one attached hydrogen (secondary N) is 1. The average molecular weight is 529 g/mol. The minimum absolute atomic E-state index is 0. The molecule has 35 heavy (non-hydrogen) atoms. The fraction of sp³-hybridized carbons (Fsp3) is 0.391. The van der Waals surface area contributed by atoms with E-state index in [0.29, 0.717) is 43.0 Å². The van der Waals surface area contributed by atoms with Crippen molar-refractivity contribution in [1.82, 2.24) is 9.62 Å². The van der Waals surface area contributed by atoms with Gasteiger partial charge in [-0.3, -0.25) is 4.79 Å². The van der Waals surface area contributed by atoms with E-state index < -0.39 is 27.4 Å². The number of halogens is 3. The van der Waals surface area contributed by atoms with E-state index in [0.717, 1.165) is 0 Å². The highest BCUT2D eigenvalue weighted by Gasteiger charge is 2.29. The van der Waals surface area contributed by atoms with Crippen molar-refractivity contribution in [2.75, 3.05) is 37.6 Å². The van der Waals surface area contributed by atoms with Gasteiger partial charge in [0.1, 0.15) is 17.7 Å². The molecule has 0 bridgehead atoms. The molecule has 1 atom stereocenters. The quantitative estimate of drug-likeness (QED) is 0.596. The van der Waals surface area contributed by atoms with Crippen LogP contribution in [0.4, 0.5) is 14.5 Å². The van der Waals surface area contributed by atoms with Crippen LogP contribution in [0.1, 0.15) is 24.5 Å². The number of nitrogens with zero attached hydrogens (tertiary/aromatic N) is 3. The van der Waals surface area contributed by atoms with E-state index in [1.807, 2.05) is 0 Å². The van der Waals surface area contributed by atoms with Crippen molar-refractivity contribution in [3.8, 4) is 0 Å². The summed E-state index contributed by atoms with van der Waals surface area (Å²) in [6.07, 6.45) is 0.165. The van der Waals surface area contributed by atoms with E-state index in [1.165, 1.54) is 35.5 Å². The second-order valence-electron chi connectivity index (χ2n) is 8.31. The number of sulfonamides is 1. The smallest absolute Gasteiger partial charge is 0.218 e. The lowest BCUT2D eigenvalue weighted by molar-refractivity contribution is -0.119. The molecule has 0 aromatic heterocycles. The Hall–Kier alpha value is -2.76. The summed E-state index contributed by atoms with van der Waals surface area (Å²) in [5.41, 5.74) is 1.71. The summed E-state index contributed by atoms with van der Waals surface area (Å²) in [7, 11) is -3.69. The van der Waals surface area contributed by atoms with Crippen LogP contribution >= 0.6 is 12.4 Å². The van der Waals surface area contributed by atoms with Crippen molar-refractivity contribution in [3.05, 3.63) is 65.2 Å². The van der Waals surface area contributed by atoms with Crippen molar-refractivity contribution in [1.29, 1.82) is 0 Å². The van der Waals surface area contributed by atoms with Crippen molar-refractivity contribution >= 4 is 39.7 Å². The zero-order valence-electron chi connectivity index (χ0n) is 19.1. The Morgan fingerprint density at radius 1 is 1.11 bits per heavy atom. The van der Waals surface area contributed by atoms with Crippen LogP contribution in [0.5, 0.6) is 0 Å². The van der Waals surface area contributed by atoms with E-state index in [2.05, 4.69) is 10.5 Å². The predicted octanol–water partition coefficient (Wildman–Crippen LogP) is 2.67. The number of carbonyl (C=O) groups excluding carboxylic acids is 1. The summed E-state index contributed by atoms with van der Waals surface area (Å²) in [5.74, 6) is -1.55. The fourth-order valence-electron chi connectivity index (χ4n) is 4.02. The molecule has 8 nitrogen and oxygen atoms in total. The van der Waals surface area contributed by atoms with Gasteiger partial charge in [-0.2, -0.15) is 4.31 Å². The van der Waals surface area contributed by atoms with Crippen LogP contribution in [-0.4, -0.2) is 63.2 Å². The molecule has 1 saturated heterocycles. The predicted molar refractivity (Wildman–Crippen MR) is 131 cm³/mol. The molecular weight excluding hydrogens is 502 g/mol. The maximum Gasteiger partial charge on any atom is 0.218 e. The Morgan fingerprint density at radius 2 is 1.83 bits per heavy atom. The minimum Gasteiger partial charge on any atom is -0.390 e. The Labute approximate surface area is 209 Å². The molecule has 12 heteroatoms. The number of oxime groups is 1. The third-order valence-electron chi connectivity index (χ3n) is 5.86. The lowest BCUT2D eigenvalue weighted by atomic mass is 10.0. The molecule has 1 N–H and O–H groups in total. The van der Waals surface area contributed by atoms with Crippen LogP contribution < -0.4 is 10.2 Å². The van der Waals surface area contributed by atoms with E-state index in [1.54, 1.807) is 23.1 Å². The molecule has 2 aromatic rings. The number of hydrogen-bond acceptors (Lipinski definition) is 6. The third-order valence-corrected chi connectivity index (χ3v) is 7.69. The molecule has 2 aliphatic heterocycles. The second-order valence-corrected chi connectivity index (χ2v) is 10.3. The number of hydrogen-bond donors (Lipinski definition) is 1. The molecule has 190 valence electrons. The van der Waals surface area contributed by atoms with Crippen molar-refractivity contribution in [2.45, 2.75) is 25.2 Å². The highest BCUT2D eigenvalue weighted by Crippen LogP contribution is 2.26. The summed E-state index contributed by atoms with van der Waals surface area (Å²) in [4.78, 5) is 18.1. The number of rotatable bonds is 7. The van der Waals surface area contributed by atoms with Crippen LogP contribution in [0.3, 0.4) is 0 Å². The number of amides is 1. The molecule has 0 aliphatic carbocycles. The van der Waals surface area contributed by atoms with Gasteiger partial charge in [0, 0.05) is 50.7 Å². The zero-order chi connectivity index (χ0) is 24.3. The van der Waals surface area contributed by atoms with Gasteiger partial charge in [0.15, 0.2) is 0 Å². The molecule has 1 amide bonds. The van der Waals surface area contributed by atoms with Crippen molar-refractivity contribution in [2.24, 2.45) is 5.16 Å². The molecule has 1 unspecified atom stereocenters. The largest absolute Gasteiger partial charge is 0.390 e. The molecular formula is C23H27ClF2N4O4S. The van der Waals surface area contributed by atoms with E-state index in [-0.39, 0.29) is 43.1 Å². The Morgan fingerprint density at radius 3 is 2.49 bits per heavy atom. The number of carbonyl (C=O) groups is 1. The first-order chi connectivity index (χ1) is 16.2. The van der Waals surface area contributed by atoms with E-state index in [4.69, 9.17) is 4.84 Å². The Kier molecular flexibility index (Phi) is 8.68. The Bertz CT molecular complexity index is 1200. The molecule has 0 spiro atoms. The lowest BCUT2D eigenvalue weighted by Gasteiger charge is -2.35. The SMILES string of the molecule is CC(=O)NCC1CC(c2ccc(N3CCN(S(=O)(=O)Cc4ccccc4F)CC3)c(F)c2)=NO1.Cl. The van der Waals surface area contributed by atoms with Gasteiger partial charge in [0.25, 0.3) is 0 Å². The van der Waals surface area contributed by atoms with Gasteiger partial charge in [-0.15, -0.1) is 12.4 Å². The summed E-state index contributed by atoms with van der Waals surface area (Å²) in [6.45, 7) is 2.74. The summed E-state index contributed by atoms with van der Waals surface area (Å²) < 4.78 is 55.6. The highest BCUT2D eigenvalue weighted by atomic mass is 35.5. The van der Waals surface area contributed by atoms with Crippen molar-refractivity contribution in [3.63, 3.8) is 0 Å². The summed E-state index contributed by atoms with van der Waals surface area (Å²) in [5, 5.41) is 6.68. The average Bonchev–Trinajstić information content (AvgIpc) is 3.28. The van der Waals surface area contributed by atoms with Crippen LogP contribution in [0.15, 0.2) is 47.6 Å². The van der Waals surface area contributed by atoms with Gasteiger partial charge in [-0.1, -0.05) is 29.4 Å². The van der Waals surface area contributed by atoms with Crippen LogP contribution in [-0.2, 0) is 25.4 Å². The molecule has 1 fully saturated rings. The molecule has 0 radical (unpaired) electrons. The molecule has 2 aromatic carbocycles. The number of anilines is 1. The Balaban J connectivity index is 0.00000342. The number of benzene rings is 2. The lowest BCUT2D eigenvalue weighted by Crippen LogP contribution is -2.49. The van der Waals surface area contributed by atoms with Crippen LogP contribution in [0, 0.1) is 11.6 Å². The maximum absolute atomic E-state index is 14.9. The molecule has 2 heterocycles. The maximum atomic E-state index is 14.9. The van der Waals surface area contributed by atoms with Crippen LogP contribution in [0.25, 0.3) is 0 Å². The monoisotopic (exact) mass is 528 g/mol. The van der Waals surface area contributed by atoms with Crippen molar-refractivity contribution < 1.29 is 26.8 Å². The normalized spacial score (nSPS) is 18.4. The first-order valence-corrected chi connectivity index (χ1v) is 12.6. The van der Waals surface area contributed by atoms with E-state index >= 15 is 0 Å². The van der Waals surface area contributed by atoms with Gasteiger partial charge in [-0.05, 0) is 18.2 Å². The molecule has 4 rings (SSSR count). The minimum atomic E-state index is -3.69. The first kappa shape index (κ1) is 26.8. The first-order valence-electron chi connectivity index (χ1n) is 11.0. The molecule has 2 aliphatic rings. The molecule has 0 saturated carbocycles. The zero-order valence-corrected chi connectivity index (χ0v) is 20.7. The van der Waals surface area contributed by atoms with Gasteiger partial charge < -0.3 is 15.1 Å². The van der Waals surface area contributed by atoms with Gasteiger partial charge in [-0.25, -0.2) is 17.2 Å². The number of piperazine rings is 1. The van der Waals surface area contributed by atoms with E-state index in [9.17, 15) is 22.0 Å². The standard InChI is InChI=1S/C23H26F2N4O4S.ClH/c1-16(30)26-14-19-13-22(27-33-19)17-6-7-23(21(25)12-17)28-8-10-29(11-9-28)34(31,32)15-18-4-2-3-5-20(18)24;/h2-7,12,19H,8-11,13-15H2,1H3,(H,26,30);1H. The highest BCUT2D eigenvalue weighted by molar-refractivity contribution is 7.88. The van der Waals surface area contributed by atoms with Gasteiger partial charge in [0.05, 0.1) is 23.7 Å². The van der Waals surface area contributed by atoms with Gasteiger partial charge >= 0.3 is 0 Å². The summed E-state index contributed by atoms with van der Waals surface area (Å²) >= 11 is 0. The van der Waals surface area contributed by atoms with Crippen LogP contribution in [0.2, 0.25) is 0 Å². The third kappa shape index (κ3) is 6.47. The van der Waals surface area contributed by atoms with Gasteiger partial charge in [0.2, 0.25) is 15.9 Å². The topological polar surface area (TPSA) is 91.3 Å². The summed E-state index contributed by atoms with van der Waals surface area (Å²) in [6, 6.07) is 10.6.